The first kappa shape index (κ1) is 20.5. The number of nitrogens with one attached hydrogen (secondary N) is 1. The predicted octanol–water partition coefficient (Wildman–Crippen LogP) is 4.54. The molecular weight excluding hydrogens is 394 g/mol. The highest BCUT2D eigenvalue weighted by Crippen LogP contribution is 2.34. The first-order valence-corrected chi connectivity index (χ1v) is 11.1. The molecule has 0 unspecified atom stereocenters. The molecule has 3 heterocycles. The first-order chi connectivity index (χ1) is 14.2. The summed E-state index contributed by atoms with van der Waals surface area (Å²) in [6.07, 6.45) is 0. The zero-order chi connectivity index (χ0) is 21.5. The molecule has 1 N–H and O–H groups in total. The Morgan fingerprint density at radius 1 is 1.13 bits per heavy atom. The number of hydrogen-bond acceptors (Lipinski definition) is 5. The molecule has 1 aliphatic heterocycles. The van der Waals surface area contributed by atoms with E-state index in [2.05, 4.69) is 59.8 Å². The third-order valence-corrected chi connectivity index (χ3v) is 6.00. The predicted molar refractivity (Wildman–Crippen MR) is 124 cm³/mol. The lowest BCUT2D eigenvalue weighted by Crippen LogP contribution is -2.39. The van der Waals surface area contributed by atoms with E-state index in [4.69, 9.17) is 4.98 Å². The summed E-state index contributed by atoms with van der Waals surface area (Å²) in [6.45, 7) is 8.39. The summed E-state index contributed by atoms with van der Waals surface area (Å²) in [7, 11) is 4.08. The van der Waals surface area contributed by atoms with Gasteiger partial charge in [0.05, 0.1) is 11.4 Å². The quantitative estimate of drug-likeness (QED) is 0.669. The zero-order valence-electron chi connectivity index (χ0n) is 18.3. The van der Waals surface area contributed by atoms with Crippen LogP contribution >= 0.6 is 11.3 Å². The van der Waals surface area contributed by atoms with E-state index in [-0.39, 0.29) is 11.4 Å². The minimum Gasteiger partial charge on any atom is -0.378 e. The molecule has 7 heteroatoms. The molecule has 0 saturated heterocycles. The Labute approximate surface area is 182 Å². The maximum Gasteiger partial charge on any atom is 0.264 e. The SMILES string of the molecule is CN(C)c1ccc(-c2nc3n(c2NC(C)(C)C)CCN(C(=O)c2cccs2)C3)cc1. The Balaban J connectivity index is 1.70. The van der Waals surface area contributed by atoms with Crippen molar-refractivity contribution in [3.63, 3.8) is 0 Å². The molecule has 1 amide bonds. The number of thiophene rings is 1. The molecule has 6 nitrogen and oxygen atoms in total. The summed E-state index contributed by atoms with van der Waals surface area (Å²) < 4.78 is 2.23. The minimum atomic E-state index is -0.0982. The van der Waals surface area contributed by atoms with Crippen LogP contribution in [-0.2, 0) is 13.1 Å². The van der Waals surface area contributed by atoms with Crippen LogP contribution < -0.4 is 10.2 Å². The van der Waals surface area contributed by atoms with E-state index in [1.54, 1.807) is 0 Å². The standard InChI is InChI=1S/C23H29N5OS/c1-23(2,3)25-21-20(16-8-10-17(11-9-16)26(4)5)24-19-15-27(12-13-28(19)21)22(29)18-7-6-14-30-18/h6-11,14,25H,12-13,15H2,1-5H3. The van der Waals surface area contributed by atoms with Gasteiger partial charge >= 0.3 is 0 Å². The molecule has 0 atom stereocenters. The molecule has 1 aromatic carbocycles. The zero-order valence-corrected chi connectivity index (χ0v) is 19.1. The number of amides is 1. The maximum absolute atomic E-state index is 12.8. The third-order valence-electron chi connectivity index (χ3n) is 5.14. The van der Waals surface area contributed by atoms with Crippen LogP contribution in [0.4, 0.5) is 11.5 Å². The van der Waals surface area contributed by atoms with Crippen molar-refractivity contribution in [2.45, 2.75) is 39.4 Å². The van der Waals surface area contributed by atoms with Gasteiger partial charge in [0.1, 0.15) is 17.3 Å². The summed E-state index contributed by atoms with van der Waals surface area (Å²) in [5.74, 6) is 2.03. The van der Waals surface area contributed by atoms with Crippen LogP contribution in [0.1, 0.15) is 36.3 Å². The average molecular weight is 424 g/mol. The Kier molecular flexibility index (Phi) is 5.32. The van der Waals surface area contributed by atoms with E-state index in [0.717, 1.165) is 40.0 Å². The van der Waals surface area contributed by atoms with Gasteiger partial charge in [-0.25, -0.2) is 4.98 Å². The molecule has 0 aliphatic carbocycles. The van der Waals surface area contributed by atoms with Crippen molar-refractivity contribution in [1.82, 2.24) is 14.5 Å². The lowest BCUT2D eigenvalue weighted by atomic mass is 10.1. The van der Waals surface area contributed by atoms with Gasteiger partial charge in [-0.2, -0.15) is 0 Å². The molecule has 30 heavy (non-hydrogen) atoms. The number of aromatic nitrogens is 2. The smallest absolute Gasteiger partial charge is 0.264 e. The fraction of sp³-hybridized carbons (Fsp3) is 0.391. The van der Waals surface area contributed by atoms with Gasteiger partial charge in [0.15, 0.2) is 0 Å². The fourth-order valence-corrected chi connectivity index (χ4v) is 4.35. The summed E-state index contributed by atoms with van der Waals surface area (Å²) >= 11 is 1.49. The number of carbonyl (C=O) groups excluding carboxylic acids is 1. The molecule has 0 fully saturated rings. The lowest BCUT2D eigenvalue weighted by Gasteiger charge is -2.30. The highest BCUT2D eigenvalue weighted by molar-refractivity contribution is 7.12. The van der Waals surface area contributed by atoms with Gasteiger partial charge in [-0.05, 0) is 44.4 Å². The number of rotatable bonds is 4. The van der Waals surface area contributed by atoms with E-state index < -0.39 is 0 Å². The second kappa shape index (κ2) is 7.80. The van der Waals surface area contributed by atoms with Gasteiger partial charge in [0.25, 0.3) is 5.91 Å². The fourth-order valence-electron chi connectivity index (χ4n) is 3.66. The van der Waals surface area contributed by atoms with Crippen molar-refractivity contribution >= 4 is 28.7 Å². The topological polar surface area (TPSA) is 53.4 Å². The minimum absolute atomic E-state index is 0.0847. The second-order valence-corrected chi connectivity index (χ2v) is 9.84. The highest BCUT2D eigenvalue weighted by Gasteiger charge is 2.29. The Bertz CT molecular complexity index is 1030. The normalized spacial score (nSPS) is 13.8. The van der Waals surface area contributed by atoms with Crippen molar-refractivity contribution in [1.29, 1.82) is 0 Å². The largest absolute Gasteiger partial charge is 0.378 e. The lowest BCUT2D eigenvalue weighted by molar-refractivity contribution is 0.0713. The van der Waals surface area contributed by atoms with Gasteiger partial charge < -0.3 is 19.7 Å². The van der Waals surface area contributed by atoms with Crippen LogP contribution in [0.5, 0.6) is 0 Å². The molecular formula is C23H29N5OS. The Morgan fingerprint density at radius 2 is 1.87 bits per heavy atom. The number of imidazole rings is 1. The third kappa shape index (κ3) is 4.07. The van der Waals surface area contributed by atoms with Crippen molar-refractivity contribution < 1.29 is 4.79 Å². The number of hydrogen-bond donors (Lipinski definition) is 1. The summed E-state index contributed by atoms with van der Waals surface area (Å²) in [6, 6.07) is 12.3. The van der Waals surface area contributed by atoms with Gasteiger partial charge in [-0.15, -0.1) is 11.3 Å². The number of anilines is 2. The number of benzene rings is 1. The molecule has 0 bridgehead atoms. The summed E-state index contributed by atoms with van der Waals surface area (Å²) in [5.41, 5.74) is 3.07. The summed E-state index contributed by atoms with van der Waals surface area (Å²) in [4.78, 5) is 22.6. The molecule has 2 aromatic heterocycles. The summed E-state index contributed by atoms with van der Waals surface area (Å²) in [5, 5.41) is 5.60. The average Bonchev–Trinajstić information content (AvgIpc) is 3.35. The van der Waals surface area contributed by atoms with Crippen molar-refractivity contribution in [3.8, 4) is 11.3 Å². The van der Waals surface area contributed by atoms with Crippen LogP contribution in [0, 0.1) is 0 Å². The van der Waals surface area contributed by atoms with E-state index in [9.17, 15) is 4.79 Å². The van der Waals surface area contributed by atoms with E-state index in [0.29, 0.717) is 13.1 Å². The maximum atomic E-state index is 12.8. The highest BCUT2D eigenvalue weighted by atomic mass is 32.1. The molecule has 158 valence electrons. The molecule has 4 rings (SSSR count). The van der Waals surface area contributed by atoms with Gasteiger partial charge in [-0.1, -0.05) is 18.2 Å². The number of nitrogens with zero attached hydrogens (tertiary/aromatic N) is 4. The molecule has 0 spiro atoms. The molecule has 0 saturated carbocycles. The van der Waals surface area contributed by atoms with Crippen LogP contribution in [0.25, 0.3) is 11.3 Å². The van der Waals surface area contributed by atoms with E-state index in [1.807, 2.05) is 36.5 Å². The van der Waals surface area contributed by atoms with E-state index >= 15 is 0 Å². The van der Waals surface area contributed by atoms with Crippen molar-refractivity contribution in [2.75, 3.05) is 30.9 Å². The van der Waals surface area contributed by atoms with Crippen LogP contribution in [0.15, 0.2) is 41.8 Å². The first-order valence-electron chi connectivity index (χ1n) is 10.2. The van der Waals surface area contributed by atoms with E-state index in [1.165, 1.54) is 11.3 Å². The van der Waals surface area contributed by atoms with Gasteiger partial charge in [0, 0.05) is 44.0 Å². The van der Waals surface area contributed by atoms with Crippen LogP contribution in [-0.4, -0.2) is 46.5 Å². The van der Waals surface area contributed by atoms with Gasteiger partial charge in [-0.3, -0.25) is 4.79 Å². The number of fused-ring (bicyclic) bond motifs is 1. The second-order valence-electron chi connectivity index (χ2n) is 8.90. The van der Waals surface area contributed by atoms with Crippen molar-refractivity contribution in [2.24, 2.45) is 0 Å². The molecule has 3 aromatic rings. The van der Waals surface area contributed by atoms with Crippen LogP contribution in [0.3, 0.4) is 0 Å². The van der Waals surface area contributed by atoms with Crippen LogP contribution in [0.2, 0.25) is 0 Å². The molecule has 1 aliphatic rings. The monoisotopic (exact) mass is 423 g/mol. The van der Waals surface area contributed by atoms with Crippen molar-refractivity contribution in [3.05, 3.63) is 52.5 Å². The Hall–Kier alpha value is -2.80. The number of carbonyl (C=O) groups is 1. The Morgan fingerprint density at radius 3 is 2.47 bits per heavy atom. The van der Waals surface area contributed by atoms with Gasteiger partial charge in [0.2, 0.25) is 0 Å². The molecule has 0 radical (unpaired) electrons.